The normalized spacial score (nSPS) is 11.5. The lowest BCUT2D eigenvalue weighted by atomic mass is 10.1. The zero-order chi connectivity index (χ0) is 24.8. The maximum absolute atomic E-state index is 13.8. The molecule has 0 aliphatic heterocycles. The van der Waals surface area contributed by atoms with E-state index in [0.717, 1.165) is 36.8 Å². The molecule has 0 fully saturated rings. The summed E-state index contributed by atoms with van der Waals surface area (Å²) in [4.78, 5) is 13.0. The van der Waals surface area contributed by atoms with E-state index in [1.54, 1.807) is 18.2 Å². The van der Waals surface area contributed by atoms with Crippen molar-refractivity contribution in [3.63, 3.8) is 0 Å². The van der Waals surface area contributed by atoms with Crippen molar-refractivity contribution < 1.29 is 27.1 Å². The van der Waals surface area contributed by atoms with Crippen LogP contribution in [0.2, 0.25) is 0 Å². The van der Waals surface area contributed by atoms with Gasteiger partial charge in [0.2, 0.25) is 11.2 Å². The summed E-state index contributed by atoms with van der Waals surface area (Å²) in [5.41, 5.74) is 0.700. The second kappa shape index (κ2) is 10.7. The molecule has 0 N–H and O–H groups in total. The molecule has 3 aromatic carbocycles. The van der Waals surface area contributed by atoms with Crippen molar-refractivity contribution in [1.82, 2.24) is 0 Å². The molecule has 1 aromatic heterocycles. The number of fused-ring (bicyclic) bond motifs is 1. The zero-order valence-corrected chi connectivity index (χ0v) is 19.2. The van der Waals surface area contributed by atoms with Gasteiger partial charge in [-0.15, -0.1) is 0 Å². The molecule has 7 heteroatoms. The summed E-state index contributed by atoms with van der Waals surface area (Å²) in [6.45, 7) is 2.53. The summed E-state index contributed by atoms with van der Waals surface area (Å²) in [5.74, 6) is -1.95. The quantitative estimate of drug-likeness (QED) is 0.226. The lowest BCUT2D eigenvalue weighted by molar-refractivity contribution is -0.154. The van der Waals surface area contributed by atoms with E-state index >= 15 is 0 Å². The minimum Gasteiger partial charge on any atom is -0.493 e. The Labute approximate surface area is 200 Å². The summed E-state index contributed by atoms with van der Waals surface area (Å²) >= 11 is 0. The summed E-state index contributed by atoms with van der Waals surface area (Å²) in [7, 11) is 0. The fourth-order valence-corrected chi connectivity index (χ4v) is 3.71. The van der Waals surface area contributed by atoms with Crippen LogP contribution < -0.4 is 14.9 Å². The Bertz CT molecular complexity index is 1330. The molecule has 1 heterocycles. The van der Waals surface area contributed by atoms with E-state index in [1.807, 2.05) is 30.3 Å². The summed E-state index contributed by atoms with van der Waals surface area (Å²) in [6, 6.07) is 20.2. The van der Waals surface area contributed by atoms with E-state index in [1.165, 1.54) is 24.3 Å². The van der Waals surface area contributed by atoms with Crippen LogP contribution in [0.25, 0.3) is 22.1 Å². The molecule has 182 valence electrons. The lowest BCUT2D eigenvalue weighted by Crippen LogP contribution is -2.15. The predicted molar refractivity (Wildman–Crippen MR) is 129 cm³/mol. The van der Waals surface area contributed by atoms with E-state index < -0.39 is 23.1 Å². The highest BCUT2D eigenvalue weighted by atomic mass is 19.4. The summed E-state index contributed by atoms with van der Waals surface area (Å²) in [6.07, 6.45) is -0.918. The first-order chi connectivity index (χ1) is 16.9. The first-order valence-corrected chi connectivity index (χ1v) is 11.5. The second-order valence-corrected chi connectivity index (χ2v) is 8.15. The maximum Gasteiger partial charge on any atom is 0.453 e. The highest BCUT2D eigenvalue weighted by Gasteiger charge is 2.40. The van der Waals surface area contributed by atoms with Crippen molar-refractivity contribution in [3.8, 4) is 28.4 Å². The smallest absolute Gasteiger partial charge is 0.453 e. The second-order valence-electron chi connectivity index (χ2n) is 8.15. The molecule has 4 aromatic rings. The number of alkyl halides is 3. The van der Waals surface area contributed by atoms with E-state index in [2.05, 4.69) is 6.92 Å². The molecular formula is C28H25F3O4. The number of hydrogen-bond donors (Lipinski definition) is 0. The van der Waals surface area contributed by atoms with Crippen LogP contribution in [0.3, 0.4) is 0 Å². The Morgan fingerprint density at radius 2 is 1.51 bits per heavy atom. The molecule has 0 aliphatic carbocycles. The van der Waals surface area contributed by atoms with Gasteiger partial charge in [0.05, 0.1) is 12.0 Å². The average Bonchev–Trinajstić information content (AvgIpc) is 2.86. The third-order valence-electron chi connectivity index (χ3n) is 5.53. The Morgan fingerprint density at radius 1 is 0.829 bits per heavy atom. The zero-order valence-electron chi connectivity index (χ0n) is 19.2. The molecule has 35 heavy (non-hydrogen) atoms. The van der Waals surface area contributed by atoms with Crippen LogP contribution in [0.1, 0.15) is 38.4 Å². The van der Waals surface area contributed by atoms with Crippen LogP contribution >= 0.6 is 0 Å². The van der Waals surface area contributed by atoms with Crippen molar-refractivity contribution in [3.05, 3.63) is 88.8 Å². The minimum atomic E-state index is -4.93. The summed E-state index contributed by atoms with van der Waals surface area (Å²) in [5, 5.41) is -0.0211. The Balaban J connectivity index is 1.63. The van der Waals surface area contributed by atoms with Crippen LogP contribution in [0.15, 0.2) is 82.0 Å². The summed E-state index contributed by atoms with van der Waals surface area (Å²) < 4.78 is 57.7. The third-order valence-corrected chi connectivity index (χ3v) is 5.53. The lowest BCUT2D eigenvalue weighted by Gasteiger charge is -2.14. The van der Waals surface area contributed by atoms with Crippen LogP contribution in [0.5, 0.6) is 17.2 Å². The van der Waals surface area contributed by atoms with Gasteiger partial charge in [-0.3, -0.25) is 4.79 Å². The van der Waals surface area contributed by atoms with Crippen molar-refractivity contribution in [2.24, 2.45) is 0 Å². The molecule has 0 spiro atoms. The Morgan fingerprint density at radius 3 is 2.20 bits per heavy atom. The van der Waals surface area contributed by atoms with Crippen LogP contribution in [0.4, 0.5) is 13.2 Å². The molecule has 0 aliphatic rings. The van der Waals surface area contributed by atoms with Gasteiger partial charge >= 0.3 is 6.18 Å². The first-order valence-electron chi connectivity index (χ1n) is 11.5. The highest BCUT2D eigenvalue weighted by molar-refractivity contribution is 5.80. The van der Waals surface area contributed by atoms with Crippen molar-refractivity contribution in [2.45, 2.75) is 38.8 Å². The van der Waals surface area contributed by atoms with Gasteiger partial charge in [-0.2, -0.15) is 13.2 Å². The van der Waals surface area contributed by atoms with Gasteiger partial charge in [0, 0.05) is 6.07 Å². The average molecular weight is 482 g/mol. The number of rotatable bonds is 9. The van der Waals surface area contributed by atoms with E-state index in [9.17, 15) is 18.0 Å². The maximum atomic E-state index is 13.8. The number of ether oxygens (including phenoxy) is 2. The molecule has 0 amide bonds. The molecule has 0 atom stereocenters. The van der Waals surface area contributed by atoms with Crippen LogP contribution in [-0.4, -0.2) is 6.61 Å². The minimum absolute atomic E-state index is 0.0211. The number of benzene rings is 3. The topological polar surface area (TPSA) is 48.7 Å². The van der Waals surface area contributed by atoms with Gasteiger partial charge in [-0.25, -0.2) is 0 Å². The molecule has 0 bridgehead atoms. The monoisotopic (exact) mass is 482 g/mol. The van der Waals surface area contributed by atoms with Gasteiger partial charge in [0.1, 0.15) is 17.1 Å². The molecule has 4 rings (SSSR count). The SMILES string of the molecule is CCCCCCOc1ccc2c(=O)c(Oc3ccc(-c4ccccc4)cc3)c(C(F)(F)F)oc2c1. The molecule has 0 saturated heterocycles. The van der Waals surface area contributed by atoms with Gasteiger partial charge in [-0.05, 0) is 41.8 Å². The molecular weight excluding hydrogens is 457 g/mol. The molecule has 4 nitrogen and oxygen atoms in total. The van der Waals surface area contributed by atoms with Gasteiger partial charge in [0.25, 0.3) is 5.76 Å². The standard InChI is InChI=1S/C28H25F3O4/c1-2-3-4-8-17-33-22-15-16-23-24(18-22)35-27(28(29,30)31)26(25(23)32)34-21-13-11-20(12-14-21)19-9-6-5-7-10-19/h5-7,9-16,18H,2-4,8,17H2,1H3. The molecule has 0 saturated carbocycles. The number of halogens is 3. The molecule has 0 radical (unpaired) electrons. The van der Waals surface area contributed by atoms with E-state index in [-0.39, 0.29) is 16.7 Å². The van der Waals surface area contributed by atoms with E-state index in [0.29, 0.717) is 12.4 Å². The van der Waals surface area contributed by atoms with E-state index in [4.69, 9.17) is 13.9 Å². The Kier molecular flexibility index (Phi) is 7.44. The van der Waals surface area contributed by atoms with Crippen LogP contribution in [0, 0.1) is 0 Å². The fourth-order valence-electron chi connectivity index (χ4n) is 3.71. The Hall–Kier alpha value is -3.74. The predicted octanol–water partition coefficient (Wildman–Crippen LogP) is 8.23. The van der Waals surface area contributed by atoms with Gasteiger partial charge < -0.3 is 13.9 Å². The van der Waals surface area contributed by atoms with Crippen molar-refractivity contribution in [1.29, 1.82) is 0 Å². The molecule has 0 unspecified atom stereocenters. The van der Waals surface area contributed by atoms with Crippen molar-refractivity contribution >= 4 is 11.0 Å². The van der Waals surface area contributed by atoms with Gasteiger partial charge in [0.15, 0.2) is 0 Å². The fraction of sp³-hybridized carbons (Fsp3) is 0.250. The number of unbranched alkanes of at least 4 members (excludes halogenated alkanes) is 3. The number of hydrogen-bond acceptors (Lipinski definition) is 4. The third kappa shape index (κ3) is 5.85. The van der Waals surface area contributed by atoms with Crippen LogP contribution in [-0.2, 0) is 6.18 Å². The van der Waals surface area contributed by atoms with Crippen molar-refractivity contribution in [2.75, 3.05) is 6.61 Å². The van der Waals surface area contributed by atoms with Gasteiger partial charge in [-0.1, -0.05) is 68.7 Å². The first kappa shape index (κ1) is 24.4. The highest BCUT2D eigenvalue weighted by Crippen LogP contribution is 2.39. The largest absolute Gasteiger partial charge is 0.493 e.